The van der Waals surface area contributed by atoms with Gasteiger partial charge in [0.25, 0.3) is 0 Å². The molecule has 0 saturated carbocycles. The van der Waals surface area contributed by atoms with Crippen LogP contribution < -0.4 is 5.32 Å². The van der Waals surface area contributed by atoms with Crippen LogP contribution in [0.15, 0.2) is 53.4 Å². The number of fused-ring (bicyclic) bond motifs is 1. The first-order valence-corrected chi connectivity index (χ1v) is 9.83. The number of nitrogens with one attached hydrogen (secondary N) is 1. The first-order valence-electron chi connectivity index (χ1n) is 8.18. The quantitative estimate of drug-likeness (QED) is 0.873. The molecule has 0 amide bonds. The predicted octanol–water partition coefficient (Wildman–Crippen LogP) is 2.41. The standard InChI is InChI=1S/C19H23NO3S/c1-13-7-9-16(10-8-13)24(22,23)12-14(2)20-19-17-6-4-3-5-15(17)11-18(19)21/h3-10,14,18-21H,11-12H2,1-2H3/t14-,18+,19+/m0/s1. The lowest BCUT2D eigenvalue weighted by Gasteiger charge is -2.23. The van der Waals surface area contributed by atoms with E-state index in [9.17, 15) is 13.5 Å². The Bertz CT molecular complexity index is 815. The molecule has 2 N–H and O–H groups in total. The number of hydrogen-bond donors (Lipinski definition) is 2. The van der Waals surface area contributed by atoms with Crippen LogP contribution in [-0.2, 0) is 16.3 Å². The number of hydrogen-bond acceptors (Lipinski definition) is 4. The van der Waals surface area contributed by atoms with Crippen molar-refractivity contribution in [2.75, 3.05) is 5.75 Å². The maximum Gasteiger partial charge on any atom is 0.179 e. The third-order valence-corrected chi connectivity index (χ3v) is 6.45. The molecule has 0 aromatic heterocycles. The second-order valence-corrected chi connectivity index (χ2v) is 8.64. The monoisotopic (exact) mass is 345 g/mol. The normalized spacial score (nSPS) is 21.5. The molecule has 0 fully saturated rings. The van der Waals surface area contributed by atoms with Crippen LogP contribution in [-0.4, -0.2) is 31.4 Å². The smallest absolute Gasteiger partial charge is 0.179 e. The van der Waals surface area contributed by atoms with E-state index < -0.39 is 15.9 Å². The lowest BCUT2D eigenvalue weighted by Crippen LogP contribution is -2.39. The maximum absolute atomic E-state index is 12.6. The van der Waals surface area contributed by atoms with Crippen molar-refractivity contribution in [2.24, 2.45) is 0 Å². The average Bonchev–Trinajstić information content (AvgIpc) is 2.83. The summed E-state index contributed by atoms with van der Waals surface area (Å²) in [4.78, 5) is 0.342. The van der Waals surface area contributed by atoms with Crippen molar-refractivity contribution in [3.05, 3.63) is 65.2 Å². The van der Waals surface area contributed by atoms with E-state index in [-0.39, 0.29) is 17.8 Å². The van der Waals surface area contributed by atoms with Gasteiger partial charge in [-0.15, -0.1) is 0 Å². The fourth-order valence-corrected chi connectivity index (χ4v) is 4.80. The lowest BCUT2D eigenvalue weighted by molar-refractivity contribution is 0.137. The number of benzene rings is 2. The minimum atomic E-state index is -3.36. The van der Waals surface area contributed by atoms with Gasteiger partial charge in [-0.2, -0.15) is 0 Å². The van der Waals surface area contributed by atoms with Crippen molar-refractivity contribution in [1.29, 1.82) is 0 Å². The van der Waals surface area contributed by atoms with E-state index in [0.29, 0.717) is 11.3 Å². The van der Waals surface area contributed by atoms with Crippen LogP contribution in [0.1, 0.15) is 29.7 Å². The fraction of sp³-hybridized carbons (Fsp3) is 0.368. The van der Waals surface area contributed by atoms with Gasteiger partial charge in [-0.05, 0) is 37.1 Å². The zero-order chi connectivity index (χ0) is 17.3. The molecule has 0 bridgehead atoms. The summed E-state index contributed by atoms with van der Waals surface area (Å²) in [5.74, 6) is 0.00144. The van der Waals surface area contributed by atoms with Crippen molar-refractivity contribution >= 4 is 9.84 Å². The predicted molar refractivity (Wildman–Crippen MR) is 94.7 cm³/mol. The van der Waals surface area contributed by atoms with Crippen molar-refractivity contribution < 1.29 is 13.5 Å². The number of sulfone groups is 1. The molecule has 0 heterocycles. The van der Waals surface area contributed by atoms with Gasteiger partial charge in [0.05, 0.1) is 22.8 Å². The van der Waals surface area contributed by atoms with E-state index in [1.807, 2.05) is 50.2 Å². The largest absolute Gasteiger partial charge is 0.391 e. The highest BCUT2D eigenvalue weighted by Gasteiger charge is 2.32. The molecule has 0 saturated heterocycles. The first-order chi connectivity index (χ1) is 11.4. The summed E-state index contributed by atoms with van der Waals surface area (Å²) >= 11 is 0. The number of aliphatic hydroxyl groups excluding tert-OH is 1. The second kappa shape index (κ2) is 6.67. The fourth-order valence-electron chi connectivity index (χ4n) is 3.30. The molecule has 1 aliphatic rings. The Morgan fingerprint density at radius 1 is 1.17 bits per heavy atom. The van der Waals surface area contributed by atoms with E-state index in [1.54, 1.807) is 12.1 Å². The molecule has 0 radical (unpaired) electrons. The summed E-state index contributed by atoms with van der Waals surface area (Å²) in [7, 11) is -3.36. The molecule has 128 valence electrons. The van der Waals surface area contributed by atoms with Gasteiger partial charge in [-0.25, -0.2) is 8.42 Å². The first kappa shape index (κ1) is 17.1. The Hall–Kier alpha value is -1.69. The zero-order valence-electron chi connectivity index (χ0n) is 13.9. The van der Waals surface area contributed by atoms with Gasteiger partial charge >= 0.3 is 0 Å². The maximum atomic E-state index is 12.6. The third kappa shape index (κ3) is 3.53. The topological polar surface area (TPSA) is 66.4 Å². The Balaban J connectivity index is 1.72. The van der Waals surface area contributed by atoms with Crippen LogP contribution in [0.5, 0.6) is 0 Å². The van der Waals surface area contributed by atoms with Gasteiger partial charge in [0.1, 0.15) is 0 Å². The average molecular weight is 345 g/mol. The van der Waals surface area contributed by atoms with E-state index >= 15 is 0 Å². The Morgan fingerprint density at radius 2 is 1.83 bits per heavy atom. The molecule has 1 aliphatic carbocycles. The van der Waals surface area contributed by atoms with Crippen molar-refractivity contribution in [3.63, 3.8) is 0 Å². The Labute approximate surface area is 143 Å². The molecule has 2 aromatic carbocycles. The lowest BCUT2D eigenvalue weighted by atomic mass is 10.1. The van der Waals surface area contributed by atoms with Crippen LogP contribution in [0.3, 0.4) is 0 Å². The highest BCUT2D eigenvalue weighted by molar-refractivity contribution is 7.91. The van der Waals surface area contributed by atoms with Gasteiger partial charge < -0.3 is 10.4 Å². The van der Waals surface area contributed by atoms with Crippen LogP contribution in [0.25, 0.3) is 0 Å². The van der Waals surface area contributed by atoms with Gasteiger partial charge in [-0.3, -0.25) is 0 Å². The Morgan fingerprint density at radius 3 is 2.54 bits per heavy atom. The molecule has 24 heavy (non-hydrogen) atoms. The van der Waals surface area contributed by atoms with Crippen LogP contribution >= 0.6 is 0 Å². The van der Waals surface area contributed by atoms with Crippen LogP contribution in [0.2, 0.25) is 0 Å². The third-order valence-electron chi connectivity index (χ3n) is 4.52. The molecule has 5 heteroatoms. The minimum absolute atomic E-state index is 0.00144. The molecule has 3 atom stereocenters. The van der Waals surface area contributed by atoms with E-state index in [4.69, 9.17) is 0 Å². The van der Waals surface area contributed by atoms with E-state index in [1.165, 1.54) is 0 Å². The summed E-state index contributed by atoms with van der Waals surface area (Å²) in [5, 5.41) is 13.6. The molecule has 0 aliphatic heterocycles. The van der Waals surface area contributed by atoms with Crippen LogP contribution in [0, 0.1) is 6.92 Å². The minimum Gasteiger partial charge on any atom is -0.391 e. The second-order valence-electron chi connectivity index (χ2n) is 6.61. The highest BCUT2D eigenvalue weighted by atomic mass is 32.2. The molecule has 0 unspecified atom stereocenters. The van der Waals surface area contributed by atoms with Crippen molar-refractivity contribution in [2.45, 2.75) is 43.4 Å². The van der Waals surface area contributed by atoms with Crippen LogP contribution in [0.4, 0.5) is 0 Å². The van der Waals surface area contributed by atoms with Gasteiger partial charge in [-0.1, -0.05) is 42.0 Å². The van der Waals surface area contributed by atoms with Gasteiger partial charge in [0, 0.05) is 12.5 Å². The van der Waals surface area contributed by atoms with E-state index in [0.717, 1.165) is 16.7 Å². The summed E-state index contributed by atoms with van der Waals surface area (Å²) in [6.45, 7) is 3.78. The van der Waals surface area contributed by atoms with Crippen molar-refractivity contribution in [3.8, 4) is 0 Å². The molecular formula is C19H23NO3S. The molecule has 3 rings (SSSR count). The summed E-state index contributed by atoms with van der Waals surface area (Å²) in [6, 6.07) is 14.3. The highest BCUT2D eigenvalue weighted by Crippen LogP contribution is 2.31. The molecule has 0 spiro atoms. The SMILES string of the molecule is Cc1ccc(S(=O)(=O)C[C@H](C)N[C@@H]2c3ccccc3C[C@H]2O)cc1. The van der Waals surface area contributed by atoms with E-state index in [2.05, 4.69) is 5.32 Å². The number of aliphatic hydroxyl groups is 1. The zero-order valence-corrected chi connectivity index (χ0v) is 14.8. The molecule has 4 nitrogen and oxygen atoms in total. The summed E-state index contributed by atoms with van der Waals surface area (Å²) in [6.07, 6.45) is 0.0811. The summed E-state index contributed by atoms with van der Waals surface area (Å²) in [5.41, 5.74) is 3.21. The summed E-state index contributed by atoms with van der Waals surface area (Å²) < 4.78 is 25.1. The van der Waals surface area contributed by atoms with Gasteiger partial charge in [0.2, 0.25) is 0 Å². The number of rotatable bonds is 5. The Kier molecular flexibility index (Phi) is 4.76. The van der Waals surface area contributed by atoms with Crippen molar-refractivity contribution in [1.82, 2.24) is 5.32 Å². The molecule has 2 aromatic rings. The molecular weight excluding hydrogens is 322 g/mol. The van der Waals surface area contributed by atoms with Gasteiger partial charge in [0.15, 0.2) is 9.84 Å². The number of aryl methyl sites for hydroxylation is 1.